The summed E-state index contributed by atoms with van der Waals surface area (Å²) in [6.45, 7) is 4.68. The van der Waals surface area contributed by atoms with Crippen LogP contribution in [0.5, 0.6) is 0 Å². The fourth-order valence-electron chi connectivity index (χ4n) is 1.18. The van der Waals surface area contributed by atoms with E-state index in [9.17, 15) is 8.42 Å². The molecule has 0 atom stereocenters. The fourth-order valence-corrected chi connectivity index (χ4v) is 2.11. The van der Waals surface area contributed by atoms with Crippen LogP contribution in [0.25, 0.3) is 0 Å². The van der Waals surface area contributed by atoms with Crippen LogP contribution in [0.3, 0.4) is 0 Å². The van der Waals surface area contributed by atoms with Crippen LogP contribution in [0.4, 0.5) is 5.69 Å². The zero-order valence-corrected chi connectivity index (χ0v) is 12.4. The number of amidine groups is 1. The Balaban J connectivity index is 3.32. The molecule has 0 saturated carbocycles. The molecule has 0 spiro atoms. The van der Waals surface area contributed by atoms with E-state index in [1.165, 1.54) is 18.2 Å². The molecule has 0 saturated heterocycles. The topological polar surface area (TPSA) is 105 Å². The molecule has 8 heteroatoms. The van der Waals surface area contributed by atoms with Crippen LogP contribution in [0.2, 0.25) is 5.02 Å². The highest BCUT2D eigenvalue weighted by Crippen LogP contribution is 2.25. The van der Waals surface area contributed by atoms with Gasteiger partial charge in [-0.05, 0) is 39.0 Å². The van der Waals surface area contributed by atoms with E-state index >= 15 is 0 Å². The predicted octanol–water partition coefficient (Wildman–Crippen LogP) is 1.97. The lowest BCUT2D eigenvalue weighted by Gasteiger charge is -2.21. The number of oxime groups is 1. The van der Waals surface area contributed by atoms with Gasteiger partial charge in [-0.25, -0.2) is 8.42 Å². The van der Waals surface area contributed by atoms with Crippen LogP contribution in [0, 0.1) is 0 Å². The molecule has 4 N–H and O–H groups in total. The molecule has 0 aliphatic carbocycles. The van der Waals surface area contributed by atoms with Crippen molar-refractivity contribution in [3.8, 4) is 0 Å². The summed E-state index contributed by atoms with van der Waals surface area (Å²) in [6, 6.07) is 4.39. The number of nitrogens with zero attached hydrogens (tertiary/aromatic N) is 1. The molecule has 1 rings (SSSR count). The van der Waals surface area contributed by atoms with Gasteiger partial charge < -0.3 is 10.9 Å². The van der Waals surface area contributed by atoms with Gasteiger partial charge in [-0.2, -0.15) is 0 Å². The second kappa shape index (κ2) is 5.26. The quantitative estimate of drug-likeness (QED) is 0.343. The lowest BCUT2D eigenvalue weighted by molar-refractivity contribution is 0.318. The van der Waals surface area contributed by atoms with Crippen LogP contribution in [0.15, 0.2) is 23.4 Å². The number of benzene rings is 1. The minimum absolute atomic E-state index is 0.165. The smallest absolute Gasteiger partial charge is 0.237 e. The first kappa shape index (κ1) is 15.6. The average Bonchev–Trinajstić information content (AvgIpc) is 2.26. The van der Waals surface area contributed by atoms with Gasteiger partial charge in [0.15, 0.2) is 5.84 Å². The molecule has 0 amide bonds. The monoisotopic (exact) mass is 305 g/mol. The van der Waals surface area contributed by atoms with Crippen molar-refractivity contribution in [1.29, 1.82) is 0 Å². The number of rotatable bonds is 3. The maximum Gasteiger partial charge on any atom is 0.237 e. The van der Waals surface area contributed by atoms with E-state index in [0.29, 0.717) is 5.02 Å². The molecule has 0 fully saturated rings. The lowest BCUT2D eigenvalue weighted by Crippen LogP contribution is -2.34. The van der Waals surface area contributed by atoms with E-state index in [4.69, 9.17) is 22.5 Å². The third kappa shape index (κ3) is 3.51. The summed E-state index contributed by atoms with van der Waals surface area (Å²) in [5, 5.41) is 11.9. The van der Waals surface area contributed by atoms with Crippen LogP contribution in [-0.2, 0) is 10.0 Å². The largest absolute Gasteiger partial charge is 0.409 e. The summed E-state index contributed by atoms with van der Waals surface area (Å²) in [5.74, 6) is -0.205. The van der Waals surface area contributed by atoms with Crippen LogP contribution >= 0.6 is 11.6 Å². The maximum absolute atomic E-state index is 12.1. The molecule has 19 heavy (non-hydrogen) atoms. The second-order valence-corrected chi connectivity index (χ2v) is 7.77. The molecule has 6 nitrogen and oxygen atoms in total. The maximum atomic E-state index is 12.1. The van der Waals surface area contributed by atoms with Gasteiger partial charge in [-0.3, -0.25) is 4.72 Å². The first-order chi connectivity index (χ1) is 8.58. The molecule has 0 bridgehead atoms. The second-order valence-electron chi connectivity index (χ2n) is 4.89. The van der Waals surface area contributed by atoms with Crippen molar-refractivity contribution in [3.05, 3.63) is 28.8 Å². The van der Waals surface area contributed by atoms with E-state index in [-0.39, 0.29) is 17.1 Å². The molecule has 0 heterocycles. The molecule has 1 aromatic rings. The molecule has 0 aliphatic heterocycles. The van der Waals surface area contributed by atoms with E-state index in [1.54, 1.807) is 20.8 Å². The van der Waals surface area contributed by atoms with Gasteiger partial charge in [0.05, 0.1) is 10.4 Å². The third-order valence-corrected chi connectivity index (χ3v) is 4.75. The Kier molecular flexibility index (Phi) is 4.32. The number of hydrogen-bond donors (Lipinski definition) is 3. The Morgan fingerprint density at radius 2 is 2.00 bits per heavy atom. The van der Waals surface area contributed by atoms with E-state index in [1.807, 2.05) is 0 Å². The van der Waals surface area contributed by atoms with E-state index in [0.717, 1.165) is 0 Å². The third-order valence-electron chi connectivity index (χ3n) is 2.42. The summed E-state index contributed by atoms with van der Waals surface area (Å²) < 4.78 is 25.6. The molecular weight excluding hydrogens is 290 g/mol. The highest BCUT2D eigenvalue weighted by atomic mass is 35.5. The van der Waals surface area contributed by atoms with E-state index < -0.39 is 14.8 Å². The number of halogens is 1. The Labute approximate surface area is 117 Å². The van der Waals surface area contributed by atoms with Crippen molar-refractivity contribution in [3.63, 3.8) is 0 Å². The standard InChI is InChI=1S/C11H16ClN3O3S/c1-11(2,3)19(17,18)15-9-6-7(12)4-5-8(9)10(13)14-16/h4-6,15-16H,1-3H3,(H2,13,14). The Morgan fingerprint density at radius 1 is 1.42 bits per heavy atom. The van der Waals surface area contributed by atoms with Gasteiger partial charge in [0.1, 0.15) is 0 Å². The number of hydrogen-bond acceptors (Lipinski definition) is 4. The molecule has 1 aromatic carbocycles. The summed E-state index contributed by atoms with van der Waals surface area (Å²) >= 11 is 5.83. The summed E-state index contributed by atoms with van der Waals surface area (Å²) in [7, 11) is -3.63. The SMILES string of the molecule is CC(C)(C)S(=O)(=O)Nc1cc(Cl)ccc1C(N)=NO. The molecule has 106 valence electrons. The van der Waals surface area contributed by atoms with Gasteiger partial charge in [-0.15, -0.1) is 0 Å². The minimum Gasteiger partial charge on any atom is -0.409 e. The number of nitrogens with two attached hydrogens (primary N) is 1. The summed E-state index contributed by atoms with van der Waals surface area (Å²) in [4.78, 5) is 0. The highest BCUT2D eigenvalue weighted by molar-refractivity contribution is 7.94. The number of nitrogens with one attached hydrogen (secondary N) is 1. The Hall–Kier alpha value is -1.47. The molecule has 0 unspecified atom stereocenters. The zero-order chi connectivity index (χ0) is 14.8. The zero-order valence-electron chi connectivity index (χ0n) is 10.8. The van der Waals surface area contributed by atoms with Crippen LogP contribution < -0.4 is 10.5 Å². The Morgan fingerprint density at radius 3 is 2.47 bits per heavy atom. The molecule has 0 radical (unpaired) electrons. The van der Waals surface area contributed by atoms with Crippen LogP contribution in [0.1, 0.15) is 26.3 Å². The van der Waals surface area contributed by atoms with Gasteiger partial charge in [0.25, 0.3) is 0 Å². The van der Waals surface area contributed by atoms with Crippen molar-refractivity contribution in [2.75, 3.05) is 4.72 Å². The first-order valence-electron chi connectivity index (χ1n) is 5.38. The fraction of sp³-hybridized carbons (Fsp3) is 0.364. The van der Waals surface area contributed by atoms with Crippen molar-refractivity contribution < 1.29 is 13.6 Å². The van der Waals surface area contributed by atoms with Crippen molar-refractivity contribution in [2.24, 2.45) is 10.9 Å². The molecule has 0 aromatic heterocycles. The molecular formula is C11H16ClN3O3S. The van der Waals surface area contributed by atoms with Gasteiger partial charge in [0.2, 0.25) is 10.0 Å². The van der Waals surface area contributed by atoms with Crippen molar-refractivity contribution >= 4 is 33.1 Å². The lowest BCUT2D eigenvalue weighted by atomic mass is 10.1. The average molecular weight is 306 g/mol. The summed E-state index contributed by atoms with van der Waals surface area (Å²) in [5.41, 5.74) is 5.91. The molecule has 0 aliphatic rings. The van der Waals surface area contributed by atoms with E-state index in [2.05, 4.69) is 9.88 Å². The van der Waals surface area contributed by atoms with Gasteiger partial charge >= 0.3 is 0 Å². The van der Waals surface area contributed by atoms with Crippen molar-refractivity contribution in [2.45, 2.75) is 25.5 Å². The van der Waals surface area contributed by atoms with Gasteiger partial charge in [-0.1, -0.05) is 16.8 Å². The van der Waals surface area contributed by atoms with Crippen LogP contribution in [-0.4, -0.2) is 24.2 Å². The normalized spacial score (nSPS) is 13.4. The van der Waals surface area contributed by atoms with Crippen molar-refractivity contribution in [1.82, 2.24) is 0 Å². The predicted molar refractivity (Wildman–Crippen MR) is 76.3 cm³/mol. The Bertz CT molecular complexity index is 606. The number of anilines is 1. The highest BCUT2D eigenvalue weighted by Gasteiger charge is 2.29. The van der Waals surface area contributed by atoms with Gasteiger partial charge in [0, 0.05) is 10.6 Å². The summed E-state index contributed by atoms with van der Waals surface area (Å²) in [6.07, 6.45) is 0. The first-order valence-corrected chi connectivity index (χ1v) is 7.24. The number of sulfonamides is 1. The minimum atomic E-state index is -3.63.